The minimum Gasteiger partial charge on any atom is -0.506 e. The van der Waals surface area contributed by atoms with Crippen LogP contribution in [0.2, 0.25) is 0 Å². The van der Waals surface area contributed by atoms with E-state index in [1.54, 1.807) is 48.5 Å². The number of nitrogens with zero attached hydrogens (tertiary/aromatic N) is 2. The highest BCUT2D eigenvalue weighted by Gasteiger charge is 1.96. The van der Waals surface area contributed by atoms with Crippen LogP contribution in [0.1, 0.15) is 10.4 Å². The standard InChI is InChI=1S/C13H10N2O2/c16-9-10-5-7-11(8-6-10)14-15-12-3-1-2-4-13(12)17/h1-9,17H. The lowest BCUT2D eigenvalue weighted by atomic mass is 10.2. The molecule has 2 aromatic carbocycles. The van der Waals surface area contributed by atoms with Gasteiger partial charge in [-0.2, -0.15) is 5.11 Å². The number of para-hydroxylation sites is 1. The Labute approximate surface area is 98.3 Å². The van der Waals surface area contributed by atoms with Gasteiger partial charge < -0.3 is 5.11 Å². The number of hydrogen-bond acceptors (Lipinski definition) is 4. The Hall–Kier alpha value is -2.49. The summed E-state index contributed by atoms with van der Waals surface area (Å²) in [5, 5.41) is 17.4. The van der Waals surface area contributed by atoms with Gasteiger partial charge in [0.2, 0.25) is 0 Å². The lowest BCUT2D eigenvalue weighted by molar-refractivity contribution is 0.112. The summed E-state index contributed by atoms with van der Waals surface area (Å²) in [6.45, 7) is 0. The molecular weight excluding hydrogens is 216 g/mol. The predicted octanol–water partition coefficient (Wildman–Crippen LogP) is 3.62. The van der Waals surface area contributed by atoms with E-state index in [4.69, 9.17) is 0 Å². The summed E-state index contributed by atoms with van der Waals surface area (Å²) >= 11 is 0. The first-order valence-electron chi connectivity index (χ1n) is 5.04. The van der Waals surface area contributed by atoms with Crippen molar-refractivity contribution in [2.75, 3.05) is 0 Å². The molecule has 0 spiro atoms. The SMILES string of the molecule is O=Cc1ccc(N=Nc2ccccc2O)cc1. The van der Waals surface area contributed by atoms with Crippen LogP contribution in [0, 0.1) is 0 Å². The number of carbonyl (C=O) groups is 1. The van der Waals surface area contributed by atoms with Gasteiger partial charge in [-0.15, -0.1) is 5.11 Å². The number of rotatable bonds is 3. The molecule has 0 atom stereocenters. The van der Waals surface area contributed by atoms with Gasteiger partial charge in [-0.05, 0) is 36.4 Å². The summed E-state index contributed by atoms with van der Waals surface area (Å²) in [5.41, 5.74) is 1.62. The van der Waals surface area contributed by atoms with E-state index in [1.807, 2.05) is 0 Å². The second kappa shape index (κ2) is 5.03. The average Bonchev–Trinajstić information content (AvgIpc) is 2.38. The summed E-state index contributed by atoms with van der Waals surface area (Å²) < 4.78 is 0. The number of carbonyl (C=O) groups excluding carboxylic acids is 1. The van der Waals surface area contributed by atoms with Crippen LogP contribution >= 0.6 is 0 Å². The monoisotopic (exact) mass is 226 g/mol. The van der Waals surface area contributed by atoms with Crippen molar-refractivity contribution in [1.29, 1.82) is 0 Å². The third-order valence-corrected chi connectivity index (χ3v) is 2.18. The molecule has 2 aromatic rings. The fourth-order valence-electron chi connectivity index (χ4n) is 1.28. The maximum Gasteiger partial charge on any atom is 0.150 e. The van der Waals surface area contributed by atoms with E-state index in [2.05, 4.69) is 10.2 Å². The molecule has 0 aliphatic carbocycles. The molecule has 0 fully saturated rings. The molecule has 0 aliphatic heterocycles. The van der Waals surface area contributed by atoms with Gasteiger partial charge in [-0.3, -0.25) is 4.79 Å². The fourth-order valence-corrected chi connectivity index (χ4v) is 1.28. The van der Waals surface area contributed by atoms with Gasteiger partial charge in [0, 0.05) is 5.56 Å². The Kier molecular flexibility index (Phi) is 3.25. The zero-order valence-electron chi connectivity index (χ0n) is 8.95. The highest BCUT2D eigenvalue weighted by Crippen LogP contribution is 2.26. The number of azo groups is 1. The Morgan fingerprint density at radius 1 is 0.941 bits per heavy atom. The zero-order chi connectivity index (χ0) is 12.1. The third kappa shape index (κ3) is 2.75. The van der Waals surface area contributed by atoms with Crippen molar-refractivity contribution in [2.24, 2.45) is 10.2 Å². The van der Waals surface area contributed by atoms with Crippen molar-refractivity contribution in [1.82, 2.24) is 0 Å². The van der Waals surface area contributed by atoms with Gasteiger partial charge in [0.1, 0.15) is 17.7 Å². The van der Waals surface area contributed by atoms with Gasteiger partial charge in [0.05, 0.1) is 5.69 Å². The summed E-state index contributed by atoms with van der Waals surface area (Å²) in [6.07, 6.45) is 0.768. The molecule has 0 saturated carbocycles. The first kappa shape index (κ1) is 11.0. The molecule has 84 valence electrons. The number of benzene rings is 2. The molecule has 0 saturated heterocycles. The Morgan fingerprint density at radius 3 is 2.29 bits per heavy atom. The van der Waals surface area contributed by atoms with Crippen molar-refractivity contribution >= 4 is 17.7 Å². The van der Waals surface area contributed by atoms with Crippen molar-refractivity contribution in [2.45, 2.75) is 0 Å². The first-order chi connectivity index (χ1) is 8.29. The van der Waals surface area contributed by atoms with Crippen LogP contribution in [0.3, 0.4) is 0 Å². The number of phenolic OH excluding ortho intramolecular Hbond substituents is 1. The van der Waals surface area contributed by atoms with E-state index in [0.717, 1.165) is 6.29 Å². The van der Waals surface area contributed by atoms with E-state index < -0.39 is 0 Å². The second-order valence-electron chi connectivity index (χ2n) is 3.40. The molecular formula is C13H10N2O2. The van der Waals surface area contributed by atoms with Gasteiger partial charge in [-0.1, -0.05) is 12.1 Å². The van der Waals surface area contributed by atoms with Crippen LogP contribution in [-0.4, -0.2) is 11.4 Å². The predicted molar refractivity (Wildman–Crippen MR) is 64.1 cm³/mol. The Morgan fingerprint density at radius 2 is 1.65 bits per heavy atom. The van der Waals surface area contributed by atoms with E-state index in [0.29, 0.717) is 16.9 Å². The molecule has 0 heterocycles. The number of phenols is 1. The fraction of sp³-hybridized carbons (Fsp3) is 0. The molecule has 0 unspecified atom stereocenters. The number of aromatic hydroxyl groups is 1. The van der Waals surface area contributed by atoms with Gasteiger partial charge in [0.25, 0.3) is 0 Å². The minimum absolute atomic E-state index is 0.0840. The Bertz CT molecular complexity index is 548. The molecule has 2 rings (SSSR count). The van der Waals surface area contributed by atoms with Crippen molar-refractivity contribution < 1.29 is 9.90 Å². The van der Waals surface area contributed by atoms with Crippen molar-refractivity contribution in [3.05, 3.63) is 54.1 Å². The molecule has 0 amide bonds. The number of aldehydes is 1. The lowest BCUT2D eigenvalue weighted by Gasteiger charge is -1.96. The summed E-state index contributed by atoms with van der Waals surface area (Å²) in [6, 6.07) is 13.4. The highest BCUT2D eigenvalue weighted by atomic mass is 16.3. The number of hydrogen-bond donors (Lipinski definition) is 1. The lowest BCUT2D eigenvalue weighted by Crippen LogP contribution is -1.75. The molecule has 4 heteroatoms. The van der Waals surface area contributed by atoms with E-state index in [1.165, 1.54) is 0 Å². The average molecular weight is 226 g/mol. The van der Waals surface area contributed by atoms with Crippen LogP contribution in [-0.2, 0) is 0 Å². The largest absolute Gasteiger partial charge is 0.506 e. The van der Waals surface area contributed by atoms with Crippen LogP contribution in [0.4, 0.5) is 11.4 Å². The van der Waals surface area contributed by atoms with Gasteiger partial charge in [-0.25, -0.2) is 0 Å². The molecule has 0 bridgehead atoms. The van der Waals surface area contributed by atoms with Gasteiger partial charge >= 0.3 is 0 Å². The maximum atomic E-state index is 10.5. The van der Waals surface area contributed by atoms with Gasteiger partial charge in [0.15, 0.2) is 0 Å². The molecule has 17 heavy (non-hydrogen) atoms. The molecule has 1 N–H and O–H groups in total. The normalized spacial score (nSPS) is 10.6. The van der Waals surface area contributed by atoms with Crippen molar-refractivity contribution in [3.8, 4) is 5.75 Å². The summed E-state index contributed by atoms with van der Waals surface area (Å²) in [7, 11) is 0. The second-order valence-corrected chi connectivity index (χ2v) is 3.40. The molecule has 4 nitrogen and oxygen atoms in total. The van der Waals surface area contributed by atoms with Crippen molar-refractivity contribution in [3.63, 3.8) is 0 Å². The quantitative estimate of drug-likeness (QED) is 0.641. The van der Waals surface area contributed by atoms with E-state index in [9.17, 15) is 9.90 Å². The third-order valence-electron chi connectivity index (χ3n) is 2.18. The summed E-state index contributed by atoms with van der Waals surface area (Å²) in [5.74, 6) is 0.0840. The highest BCUT2D eigenvalue weighted by molar-refractivity contribution is 5.75. The summed E-state index contributed by atoms with van der Waals surface area (Å²) in [4.78, 5) is 10.5. The molecule has 0 aliphatic rings. The van der Waals surface area contributed by atoms with E-state index >= 15 is 0 Å². The Balaban J connectivity index is 2.20. The van der Waals surface area contributed by atoms with Crippen LogP contribution in [0.25, 0.3) is 0 Å². The van der Waals surface area contributed by atoms with Crippen LogP contribution in [0.15, 0.2) is 58.8 Å². The van der Waals surface area contributed by atoms with Crippen LogP contribution < -0.4 is 0 Å². The minimum atomic E-state index is 0.0840. The van der Waals surface area contributed by atoms with Crippen LogP contribution in [0.5, 0.6) is 5.75 Å². The maximum absolute atomic E-state index is 10.5. The van der Waals surface area contributed by atoms with E-state index in [-0.39, 0.29) is 5.75 Å². The first-order valence-corrected chi connectivity index (χ1v) is 5.04. The zero-order valence-corrected chi connectivity index (χ0v) is 8.95. The smallest absolute Gasteiger partial charge is 0.150 e. The topological polar surface area (TPSA) is 62.0 Å². The molecule has 0 radical (unpaired) electrons. The molecule has 0 aromatic heterocycles.